The van der Waals surface area contributed by atoms with E-state index in [4.69, 9.17) is 14.5 Å². The van der Waals surface area contributed by atoms with E-state index in [0.717, 1.165) is 5.75 Å². The van der Waals surface area contributed by atoms with Crippen LogP contribution in [0.15, 0.2) is 77.6 Å². The monoisotopic (exact) mass is 512 g/mol. The summed E-state index contributed by atoms with van der Waals surface area (Å²) in [6, 6.07) is 22.0. The van der Waals surface area contributed by atoms with Crippen molar-refractivity contribution in [2.75, 3.05) is 39.9 Å². The molecule has 5 rings (SSSR count). The third kappa shape index (κ3) is 4.87. The summed E-state index contributed by atoms with van der Waals surface area (Å²) < 4.78 is 12.8. The van der Waals surface area contributed by atoms with Gasteiger partial charge in [-0.1, -0.05) is 24.3 Å². The largest absolute Gasteiger partial charge is 0.497 e. The first-order chi connectivity index (χ1) is 18.5. The quantitative estimate of drug-likeness (QED) is 0.367. The van der Waals surface area contributed by atoms with Gasteiger partial charge < -0.3 is 14.4 Å². The fraction of sp³-hybridized carbons (Fsp3) is 0.300. The van der Waals surface area contributed by atoms with Crippen molar-refractivity contribution in [3.63, 3.8) is 0 Å². The molecule has 2 heterocycles. The van der Waals surface area contributed by atoms with Crippen molar-refractivity contribution in [2.24, 2.45) is 0 Å². The average Bonchev–Trinajstić information content (AvgIpc) is 2.97. The fourth-order valence-corrected chi connectivity index (χ4v) is 4.97. The summed E-state index contributed by atoms with van der Waals surface area (Å²) in [5.41, 5.74) is 1.85. The Morgan fingerprint density at radius 2 is 1.63 bits per heavy atom. The lowest BCUT2D eigenvalue weighted by Crippen LogP contribution is -2.50. The molecular formula is C30H32N4O4. The van der Waals surface area contributed by atoms with Gasteiger partial charge in [-0.05, 0) is 62.4 Å². The molecule has 4 aromatic rings. The lowest BCUT2D eigenvalue weighted by atomic mass is 10.1. The number of piperazine rings is 1. The molecule has 0 spiro atoms. The number of amides is 1. The molecule has 1 fully saturated rings. The highest BCUT2D eigenvalue weighted by Gasteiger charge is 2.29. The lowest BCUT2D eigenvalue weighted by molar-refractivity contribution is 0.0573. The number of ether oxygens (including phenoxy) is 2. The van der Waals surface area contributed by atoms with Gasteiger partial charge in [0.05, 0.1) is 36.3 Å². The Labute approximate surface area is 222 Å². The Kier molecular flexibility index (Phi) is 7.42. The molecule has 3 aromatic carbocycles. The number of fused-ring (bicyclic) bond motifs is 1. The maximum absolute atomic E-state index is 13.8. The van der Waals surface area contributed by atoms with Gasteiger partial charge in [0.2, 0.25) is 0 Å². The van der Waals surface area contributed by atoms with Gasteiger partial charge >= 0.3 is 0 Å². The van der Waals surface area contributed by atoms with Crippen molar-refractivity contribution in [3.8, 4) is 17.2 Å². The zero-order valence-corrected chi connectivity index (χ0v) is 22.0. The van der Waals surface area contributed by atoms with Gasteiger partial charge in [-0.3, -0.25) is 19.1 Å². The van der Waals surface area contributed by atoms with E-state index in [0.29, 0.717) is 66.5 Å². The molecule has 1 atom stereocenters. The summed E-state index contributed by atoms with van der Waals surface area (Å²) in [6.07, 6.45) is 0. The number of rotatable bonds is 7. The number of para-hydroxylation sites is 3. The third-order valence-electron chi connectivity index (χ3n) is 7.07. The van der Waals surface area contributed by atoms with Crippen LogP contribution < -0.4 is 15.0 Å². The number of carbonyl (C=O) groups is 1. The number of methoxy groups -OCH3 is 1. The number of carbonyl (C=O) groups excluding carboxylic acids is 1. The summed E-state index contributed by atoms with van der Waals surface area (Å²) in [4.78, 5) is 36.0. The second-order valence-electron chi connectivity index (χ2n) is 9.26. The van der Waals surface area contributed by atoms with Crippen molar-refractivity contribution in [3.05, 3.63) is 94.5 Å². The van der Waals surface area contributed by atoms with E-state index in [1.54, 1.807) is 35.9 Å². The zero-order chi connectivity index (χ0) is 26.6. The molecule has 1 aliphatic heterocycles. The van der Waals surface area contributed by atoms with Gasteiger partial charge in [-0.2, -0.15) is 0 Å². The molecule has 196 valence electrons. The number of nitrogens with zero attached hydrogens (tertiary/aromatic N) is 4. The van der Waals surface area contributed by atoms with E-state index in [1.165, 1.54) is 0 Å². The van der Waals surface area contributed by atoms with Crippen LogP contribution in [0, 0.1) is 0 Å². The first-order valence-corrected chi connectivity index (χ1v) is 12.9. The number of hydrogen-bond acceptors (Lipinski definition) is 6. The van der Waals surface area contributed by atoms with Crippen LogP contribution in [0.5, 0.6) is 11.5 Å². The Hall–Kier alpha value is -4.17. The smallest absolute Gasteiger partial charge is 0.266 e. The number of hydrogen-bond donors (Lipinski definition) is 0. The van der Waals surface area contributed by atoms with Crippen molar-refractivity contribution >= 4 is 16.8 Å². The molecule has 0 aliphatic carbocycles. The van der Waals surface area contributed by atoms with Crippen LogP contribution in [0.3, 0.4) is 0 Å². The van der Waals surface area contributed by atoms with Gasteiger partial charge in [-0.25, -0.2) is 4.98 Å². The molecule has 0 N–H and O–H groups in total. The molecular weight excluding hydrogens is 480 g/mol. The average molecular weight is 513 g/mol. The summed E-state index contributed by atoms with van der Waals surface area (Å²) >= 11 is 0. The van der Waals surface area contributed by atoms with Crippen LogP contribution in [0.1, 0.15) is 36.1 Å². The van der Waals surface area contributed by atoms with Gasteiger partial charge in [-0.15, -0.1) is 0 Å². The van der Waals surface area contributed by atoms with Gasteiger partial charge in [0.15, 0.2) is 0 Å². The molecule has 1 aromatic heterocycles. The molecule has 1 unspecified atom stereocenters. The normalized spacial score (nSPS) is 14.9. The molecule has 38 heavy (non-hydrogen) atoms. The highest BCUT2D eigenvalue weighted by Crippen LogP contribution is 2.28. The molecule has 0 saturated carbocycles. The van der Waals surface area contributed by atoms with Crippen LogP contribution in [0.25, 0.3) is 16.6 Å². The minimum Gasteiger partial charge on any atom is -0.497 e. The standard InChI is InChI=1S/C30H32N4O4/c1-4-38-27-12-8-7-11-26(27)34-28(31-25-10-6-5-9-24(25)30(34)36)21(2)32-17-19-33(20-18-32)29(35)22-13-15-23(37-3)16-14-22/h5-16,21H,4,17-20H2,1-3H3. The molecule has 1 aliphatic rings. The van der Waals surface area contributed by atoms with Crippen molar-refractivity contribution in [1.82, 2.24) is 19.4 Å². The first kappa shape index (κ1) is 25.5. The Morgan fingerprint density at radius 1 is 0.947 bits per heavy atom. The molecule has 0 radical (unpaired) electrons. The molecule has 8 nitrogen and oxygen atoms in total. The van der Waals surface area contributed by atoms with Crippen molar-refractivity contribution in [1.29, 1.82) is 0 Å². The fourth-order valence-electron chi connectivity index (χ4n) is 4.97. The number of aromatic nitrogens is 2. The van der Waals surface area contributed by atoms with Crippen molar-refractivity contribution < 1.29 is 14.3 Å². The molecule has 8 heteroatoms. The van der Waals surface area contributed by atoms with Crippen LogP contribution in [-0.2, 0) is 0 Å². The zero-order valence-electron chi connectivity index (χ0n) is 22.0. The third-order valence-corrected chi connectivity index (χ3v) is 7.07. The Balaban J connectivity index is 1.45. The van der Waals surface area contributed by atoms with Crippen LogP contribution >= 0.6 is 0 Å². The van der Waals surface area contributed by atoms with E-state index in [-0.39, 0.29) is 17.5 Å². The van der Waals surface area contributed by atoms with Crippen LogP contribution in [0.2, 0.25) is 0 Å². The summed E-state index contributed by atoms with van der Waals surface area (Å²) in [5, 5.41) is 0.560. The summed E-state index contributed by atoms with van der Waals surface area (Å²) in [5.74, 6) is 2.01. The highest BCUT2D eigenvalue weighted by molar-refractivity contribution is 5.94. The van der Waals surface area contributed by atoms with Gasteiger partial charge in [0, 0.05) is 31.7 Å². The molecule has 0 bridgehead atoms. The lowest BCUT2D eigenvalue weighted by Gasteiger charge is -2.38. The van der Waals surface area contributed by atoms with E-state index in [9.17, 15) is 9.59 Å². The SMILES string of the molecule is CCOc1ccccc1-n1c(C(C)N2CCN(C(=O)c3ccc(OC)cc3)CC2)nc2ccccc2c1=O. The second-order valence-corrected chi connectivity index (χ2v) is 9.26. The van der Waals surface area contributed by atoms with Crippen LogP contribution in [0.4, 0.5) is 0 Å². The Bertz CT molecular complexity index is 1490. The van der Waals surface area contributed by atoms with Gasteiger partial charge in [0.1, 0.15) is 17.3 Å². The van der Waals surface area contributed by atoms with E-state index >= 15 is 0 Å². The summed E-state index contributed by atoms with van der Waals surface area (Å²) in [6.45, 7) is 6.98. The highest BCUT2D eigenvalue weighted by atomic mass is 16.5. The van der Waals surface area contributed by atoms with Crippen LogP contribution in [-0.4, -0.2) is 65.2 Å². The van der Waals surface area contributed by atoms with Crippen molar-refractivity contribution in [2.45, 2.75) is 19.9 Å². The van der Waals surface area contributed by atoms with Gasteiger partial charge in [0.25, 0.3) is 11.5 Å². The molecule has 1 amide bonds. The first-order valence-electron chi connectivity index (χ1n) is 12.9. The maximum Gasteiger partial charge on any atom is 0.266 e. The summed E-state index contributed by atoms with van der Waals surface area (Å²) in [7, 11) is 1.61. The minimum absolute atomic E-state index is 0.00587. The predicted molar refractivity (Wildman–Crippen MR) is 147 cm³/mol. The van der Waals surface area contributed by atoms with E-state index in [2.05, 4.69) is 11.8 Å². The maximum atomic E-state index is 13.8. The minimum atomic E-state index is -0.166. The molecule has 1 saturated heterocycles. The number of benzene rings is 3. The Morgan fingerprint density at radius 3 is 2.34 bits per heavy atom. The van der Waals surface area contributed by atoms with E-state index < -0.39 is 0 Å². The predicted octanol–water partition coefficient (Wildman–Crippen LogP) is 4.31. The topological polar surface area (TPSA) is 76.9 Å². The second kappa shape index (κ2) is 11.1. The van der Waals surface area contributed by atoms with E-state index in [1.807, 2.05) is 60.4 Å².